The summed E-state index contributed by atoms with van der Waals surface area (Å²) < 4.78 is 10.1. The van der Waals surface area contributed by atoms with Crippen LogP contribution in [0.5, 0.6) is 11.5 Å². The number of carbonyl (C=O) groups is 1. The summed E-state index contributed by atoms with van der Waals surface area (Å²) >= 11 is 3.28. The predicted octanol–water partition coefficient (Wildman–Crippen LogP) is 5.00. The molecule has 120 valence electrons. The first-order chi connectivity index (χ1) is 10.9. The highest BCUT2D eigenvalue weighted by Gasteiger charge is 2.25. The number of hydrogen-bond donors (Lipinski definition) is 0. The van der Waals surface area contributed by atoms with Gasteiger partial charge in [0, 0.05) is 0 Å². The van der Waals surface area contributed by atoms with Crippen LogP contribution in [0.1, 0.15) is 13.8 Å². The standard InChI is InChI=1S/C19H19BrO3/c1-4-13-22-16-9-5-14(6-10-16)15-7-11-17(12-8-15)23-18(21)19(2,3)20/h4-12H,1,13H2,2-3H3. The van der Waals surface area contributed by atoms with Crippen molar-refractivity contribution in [3.63, 3.8) is 0 Å². The minimum atomic E-state index is -0.701. The zero-order valence-corrected chi connectivity index (χ0v) is 14.8. The third-order valence-electron chi connectivity index (χ3n) is 3.11. The first-order valence-electron chi connectivity index (χ1n) is 7.25. The maximum Gasteiger partial charge on any atom is 0.327 e. The number of hydrogen-bond acceptors (Lipinski definition) is 3. The molecule has 3 nitrogen and oxygen atoms in total. The molecule has 0 N–H and O–H groups in total. The fourth-order valence-corrected chi connectivity index (χ4v) is 1.92. The van der Waals surface area contributed by atoms with E-state index in [2.05, 4.69) is 22.5 Å². The molecule has 0 saturated heterocycles. The Hall–Kier alpha value is -2.07. The van der Waals surface area contributed by atoms with Crippen LogP contribution >= 0.6 is 15.9 Å². The average molecular weight is 375 g/mol. The second-order valence-electron chi connectivity index (χ2n) is 5.51. The van der Waals surface area contributed by atoms with E-state index in [0.717, 1.165) is 16.9 Å². The fraction of sp³-hybridized carbons (Fsp3) is 0.211. The van der Waals surface area contributed by atoms with Gasteiger partial charge in [0.25, 0.3) is 0 Å². The van der Waals surface area contributed by atoms with Crippen molar-refractivity contribution in [2.45, 2.75) is 18.2 Å². The largest absolute Gasteiger partial charge is 0.490 e. The number of carbonyl (C=O) groups excluding carboxylic acids is 1. The molecule has 0 saturated carbocycles. The topological polar surface area (TPSA) is 35.5 Å². The third kappa shape index (κ3) is 4.96. The second-order valence-corrected chi connectivity index (χ2v) is 7.49. The average Bonchev–Trinajstić information content (AvgIpc) is 2.53. The second kappa shape index (κ2) is 7.47. The lowest BCUT2D eigenvalue weighted by atomic mass is 10.1. The Bertz CT molecular complexity index is 667. The van der Waals surface area contributed by atoms with E-state index in [1.807, 2.05) is 36.4 Å². The van der Waals surface area contributed by atoms with Gasteiger partial charge in [-0.05, 0) is 49.2 Å². The van der Waals surface area contributed by atoms with Crippen molar-refractivity contribution in [3.05, 3.63) is 61.2 Å². The molecule has 0 radical (unpaired) electrons. The predicted molar refractivity (Wildman–Crippen MR) is 96.2 cm³/mol. The summed E-state index contributed by atoms with van der Waals surface area (Å²) in [6.45, 7) is 7.61. The highest BCUT2D eigenvalue weighted by Crippen LogP contribution is 2.26. The van der Waals surface area contributed by atoms with Crippen molar-refractivity contribution in [2.75, 3.05) is 6.61 Å². The van der Waals surface area contributed by atoms with Crippen LogP contribution in [0.4, 0.5) is 0 Å². The number of halogens is 1. The van der Waals surface area contributed by atoms with Crippen molar-refractivity contribution < 1.29 is 14.3 Å². The molecule has 0 aliphatic carbocycles. The van der Waals surface area contributed by atoms with E-state index in [4.69, 9.17) is 9.47 Å². The molecule has 0 aliphatic rings. The van der Waals surface area contributed by atoms with Crippen molar-refractivity contribution in [1.82, 2.24) is 0 Å². The molecule has 0 atom stereocenters. The summed E-state index contributed by atoms with van der Waals surface area (Å²) in [7, 11) is 0. The van der Waals surface area contributed by atoms with E-state index >= 15 is 0 Å². The Morgan fingerprint density at radius 1 is 1.04 bits per heavy atom. The molecule has 0 spiro atoms. The van der Waals surface area contributed by atoms with Gasteiger partial charge in [0.2, 0.25) is 0 Å². The molecule has 0 aromatic heterocycles. The lowest BCUT2D eigenvalue weighted by molar-refractivity contribution is -0.136. The summed E-state index contributed by atoms with van der Waals surface area (Å²) in [5.41, 5.74) is 2.10. The molecule has 0 unspecified atom stereocenters. The van der Waals surface area contributed by atoms with Gasteiger partial charge in [0.15, 0.2) is 0 Å². The number of benzene rings is 2. The van der Waals surface area contributed by atoms with Gasteiger partial charge in [-0.15, -0.1) is 0 Å². The van der Waals surface area contributed by atoms with Crippen molar-refractivity contribution in [1.29, 1.82) is 0 Å². The molecule has 2 aromatic carbocycles. The van der Waals surface area contributed by atoms with Crippen LogP contribution in [0.15, 0.2) is 61.2 Å². The highest BCUT2D eigenvalue weighted by molar-refractivity contribution is 9.10. The SMILES string of the molecule is C=CCOc1ccc(-c2ccc(OC(=O)C(C)(C)Br)cc2)cc1. The Labute approximate surface area is 145 Å². The molecule has 23 heavy (non-hydrogen) atoms. The van der Waals surface area contributed by atoms with Crippen molar-refractivity contribution in [2.24, 2.45) is 0 Å². The smallest absolute Gasteiger partial charge is 0.327 e. The van der Waals surface area contributed by atoms with Gasteiger partial charge < -0.3 is 9.47 Å². The minimum absolute atomic E-state index is 0.325. The lowest BCUT2D eigenvalue weighted by Gasteiger charge is -2.14. The van der Waals surface area contributed by atoms with Crippen molar-refractivity contribution in [3.8, 4) is 22.6 Å². The zero-order valence-electron chi connectivity index (χ0n) is 13.2. The van der Waals surface area contributed by atoms with E-state index in [0.29, 0.717) is 12.4 Å². The van der Waals surface area contributed by atoms with Crippen LogP contribution in [-0.4, -0.2) is 16.9 Å². The summed E-state index contributed by atoms with van der Waals surface area (Å²) in [5.74, 6) is 1.00. The molecular formula is C19H19BrO3. The summed E-state index contributed by atoms with van der Waals surface area (Å²) in [6.07, 6.45) is 1.71. The Balaban J connectivity index is 2.07. The Morgan fingerprint density at radius 2 is 1.52 bits per heavy atom. The van der Waals surface area contributed by atoms with Gasteiger partial charge in [-0.3, -0.25) is 4.79 Å². The van der Waals surface area contributed by atoms with E-state index in [1.165, 1.54) is 0 Å². The number of alkyl halides is 1. The Morgan fingerprint density at radius 3 is 1.96 bits per heavy atom. The Kier molecular flexibility index (Phi) is 5.61. The number of esters is 1. The molecule has 0 aliphatic heterocycles. The molecule has 2 aromatic rings. The summed E-state index contributed by atoms with van der Waals surface area (Å²) in [4.78, 5) is 11.8. The van der Waals surface area contributed by atoms with Crippen LogP contribution in [0.3, 0.4) is 0 Å². The zero-order chi connectivity index (χ0) is 16.9. The summed E-state index contributed by atoms with van der Waals surface area (Å²) in [5, 5.41) is 0. The van der Waals surface area contributed by atoms with Crippen molar-refractivity contribution >= 4 is 21.9 Å². The van der Waals surface area contributed by atoms with E-state index in [-0.39, 0.29) is 5.97 Å². The van der Waals surface area contributed by atoms with Crippen LogP contribution < -0.4 is 9.47 Å². The highest BCUT2D eigenvalue weighted by atomic mass is 79.9. The quantitative estimate of drug-likeness (QED) is 0.309. The van der Waals surface area contributed by atoms with Gasteiger partial charge in [0.1, 0.15) is 22.4 Å². The summed E-state index contributed by atoms with van der Waals surface area (Å²) in [6, 6.07) is 15.2. The third-order valence-corrected chi connectivity index (χ3v) is 3.43. The van der Waals surface area contributed by atoms with Gasteiger partial charge in [-0.25, -0.2) is 0 Å². The molecule has 0 bridgehead atoms. The molecular weight excluding hydrogens is 356 g/mol. The van der Waals surface area contributed by atoms with Crippen LogP contribution in [0.2, 0.25) is 0 Å². The monoisotopic (exact) mass is 374 g/mol. The first kappa shape index (κ1) is 17.3. The number of ether oxygens (including phenoxy) is 2. The minimum Gasteiger partial charge on any atom is -0.490 e. The van der Waals surface area contributed by atoms with Gasteiger partial charge >= 0.3 is 5.97 Å². The van der Waals surface area contributed by atoms with Crippen LogP contribution in [-0.2, 0) is 4.79 Å². The first-order valence-corrected chi connectivity index (χ1v) is 8.05. The van der Waals surface area contributed by atoms with E-state index in [1.54, 1.807) is 32.1 Å². The maximum absolute atomic E-state index is 11.8. The fourth-order valence-electron chi connectivity index (χ4n) is 1.84. The molecule has 4 heteroatoms. The lowest BCUT2D eigenvalue weighted by Crippen LogP contribution is -2.29. The molecule has 0 amide bonds. The van der Waals surface area contributed by atoms with Crippen LogP contribution in [0, 0.1) is 0 Å². The van der Waals surface area contributed by atoms with E-state index in [9.17, 15) is 4.79 Å². The maximum atomic E-state index is 11.8. The molecule has 0 fully saturated rings. The van der Waals surface area contributed by atoms with E-state index < -0.39 is 4.32 Å². The van der Waals surface area contributed by atoms with Gasteiger partial charge in [-0.2, -0.15) is 0 Å². The normalized spacial score (nSPS) is 10.9. The van der Waals surface area contributed by atoms with Crippen LogP contribution in [0.25, 0.3) is 11.1 Å². The van der Waals surface area contributed by atoms with Gasteiger partial charge in [-0.1, -0.05) is 52.9 Å². The molecule has 2 rings (SSSR count). The van der Waals surface area contributed by atoms with Gasteiger partial charge in [0.05, 0.1) is 0 Å². The molecule has 0 heterocycles. The number of rotatable bonds is 6.